The molecule has 5 nitrogen and oxygen atoms in total. The molecular weight excluding hydrogens is 296 g/mol. The first kappa shape index (κ1) is 14.7. The Hall–Kier alpha value is -2.26. The van der Waals surface area contributed by atoms with Gasteiger partial charge in [0, 0.05) is 18.1 Å². The number of aromatic nitrogens is 2. The Bertz CT molecular complexity index is 719. The summed E-state index contributed by atoms with van der Waals surface area (Å²) in [5, 5.41) is 13.6. The van der Waals surface area contributed by atoms with Gasteiger partial charge in [0.05, 0.1) is 29.2 Å². The number of amides is 1. The van der Waals surface area contributed by atoms with Crippen LogP contribution in [0, 0.1) is 18.3 Å². The molecule has 1 aromatic heterocycles. The Morgan fingerprint density at radius 1 is 1.41 bits per heavy atom. The van der Waals surface area contributed by atoms with Crippen molar-refractivity contribution in [3.63, 3.8) is 0 Å². The van der Waals surface area contributed by atoms with Crippen LogP contribution in [-0.4, -0.2) is 44.7 Å². The number of hydrogen-bond donors (Lipinski definition) is 0. The SMILES string of the molecule is Cc1c(C(=O)N2CCSCC2C#N)cnn1-c1ccccc1. The first-order chi connectivity index (χ1) is 10.7. The van der Waals surface area contributed by atoms with Crippen LogP contribution in [0.5, 0.6) is 0 Å². The second kappa shape index (κ2) is 6.24. The van der Waals surface area contributed by atoms with Gasteiger partial charge in [0.15, 0.2) is 0 Å². The van der Waals surface area contributed by atoms with Crippen molar-refractivity contribution in [3.8, 4) is 11.8 Å². The van der Waals surface area contributed by atoms with E-state index in [1.807, 2.05) is 37.3 Å². The standard InChI is InChI=1S/C16H16N4OS/c1-12-15(10-18-20(12)13-5-3-2-4-6-13)16(21)19-7-8-22-11-14(19)9-17/h2-6,10,14H,7-8,11H2,1H3. The molecular formula is C16H16N4OS. The average molecular weight is 312 g/mol. The summed E-state index contributed by atoms with van der Waals surface area (Å²) in [6, 6.07) is 11.6. The van der Waals surface area contributed by atoms with E-state index in [1.54, 1.807) is 27.5 Å². The van der Waals surface area contributed by atoms with Gasteiger partial charge in [-0.15, -0.1) is 0 Å². The zero-order chi connectivity index (χ0) is 15.5. The van der Waals surface area contributed by atoms with Crippen LogP contribution in [0.15, 0.2) is 36.5 Å². The molecule has 1 atom stereocenters. The van der Waals surface area contributed by atoms with Crippen LogP contribution in [-0.2, 0) is 0 Å². The third kappa shape index (κ3) is 2.60. The van der Waals surface area contributed by atoms with Crippen molar-refractivity contribution in [1.82, 2.24) is 14.7 Å². The van der Waals surface area contributed by atoms with Gasteiger partial charge in [0.2, 0.25) is 0 Å². The monoisotopic (exact) mass is 312 g/mol. The first-order valence-electron chi connectivity index (χ1n) is 7.10. The summed E-state index contributed by atoms with van der Waals surface area (Å²) < 4.78 is 1.76. The molecule has 2 aromatic rings. The minimum atomic E-state index is -0.356. The summed E-state index contributed by atoms with van der Waals surface area (Å²) in [6.45, 7) is 2.49. The fraction of sp³-hybridized carbons (Fsp3) is 0.312. The summed E-state index contributed by atoms with van der Waals surface area (Å²) in [6.07, 6.45) is 1.60. The summed E-state index contributed by atoms with van der Waals surface area (Å²) in [7, 11) is 0. The molecule has 3 rings (SSSR count). The second-order valence-corrected chi connectivity index (χ2v) is 6.26. The molecule has 112 valence electrons. The molecule has 1 aromatic carbocycles. The minimum Gasteiger partial charge on any atom is -0.321 e. The van der Waals surface area contributed by atoms with Crippen LogP contribution in [0.1, 0.15) is 16.1 Å². The lowest BCUT2D eigenvalue weighted by Crippen LogP contribution is -2.45. The molecule has 1 fully saturated rings. The maximum atomic E-state index is 12.7. The normalized spacial score (nSPS) is 18.0. The molecule has 1 saturated heterocycles. The van der Waals surface area contributed by atoms with Crippen molar-refractivity contribution in [2.24, 2.45) is 0 Å². The highest BCUT2D eigenvalue weighted by Crippen LogP contribution is 2.21. The van der Waals surface area contributed by atoms with Crippen LogP contribution in [0.2, 0.25) is 0 Å². The molecule has 1 aliphatic heterocycles. The molecule has 22 heavy (non-hydrogen) atoms. The van der Waals surface area contributed by atoms with Crippen LogP contribution in [0.4, 0.5) is 0 Å². The van der Waals surface area contributed by atoms with Crippen LogP contribution >= 0.6 is 11.8 Å². The largest absolute Gasteiger partial charge is 0.321 e. The predicted octanol–water partition coefficient (Wildman–Crippen LogP) is 2.26. The smallest absolute Gasteiger partial charge is 0.258 e. The molecule has 1 amide bonds. The Morgan fingerprint density at radius 2 is 2.18 bits per heavy atom. The first-order valence-corrected chi connectivity index (χ1v) is 8.26. The van der Waals surface area contributed by atoms with E-state index in [9.17, 15) is 10.1 Å². The van der Waals surface area contributed by atoms with Gasteiger partial charge in [-0.2, -0.15) is 22.1 Å². The molecule has 0 aliphatic carbocycles. The average Bonchev–Trinajstić information content (AvgIpc) is 2.96. The van der Waals surface area contributed by atoms with E-state index in [1.165, 1.54) is 0 Å². The Kier molecular flexibility index (Phi) is 4.16. The number of carbonyl (C=O) groups excluding carboxylic acids is 1. The van der Waals surface area contributed by atoms with Crippen molar-refractivity contribution in [1.29, 1.82) is 5.26 Å². The highest BCUT2D eigenvalue weighted by Gasteiger charge is 2.29. The number of nitrogens with zero attached hydrogens (tertiary/aromatic N) is 4. The Balaban J connectivity index is 1.91. The lowest BCUT2D eigenvalue weighted by atomic mass is 10.2. The third-order valence-electron chi connectivity index (χ3n) is 3.78. The van der Waals surface area contributed by atoms with Gasteiger partial charge in [-0.25, -0.2) is 4.68 Å². The number of thioether (sulfide) groups is 1. The molecule has 0 bridgehead atoms. The van der Waals surface area contributed by atoms with Crippen LogP contribution < -0.4 is 0 Å². The third-order valence-corrected chi connectivity index (χ3v) is 4.80. The van der Waals surface area contributed by atoms with E-state index in [2.05, 4.69) is 11.2 Å². The van der Waals surface area contributed by atoms with Crippen LogP contribution in [0.25, 0.3) is 5.69 Å². The lowest BCUT2D eigenvalue weighted by molar-refractivity contribution is 0.0737. The highest BCUT2D eigenvalue weighted by atomic mass is 32.2. The molecule has 0 radical (unpaired) electrons. The maximum Gasteiger partial charge on any atom is 0.258 e. The number of rotatable bonds is 2. The van der Waals surface area contributed by atoms with Crippen molar-refractivity contribution in [2.45, 2.75) is 13.0 Å². The number of hydrogen-bond acceptors (Lipinski definition) is 4. The minimum absolute atomic E-state index is 0.105. The molecule has 1 aliphatic rings. The van der Waals surface area contributed by atoms with Crippen molar-refractivity contribution in [2.75, 3.05) is 18.1 Å². The van der Waals surface area contributed by atoms with Crippen molar-refractivity contribution >= 4 is 17.7 Å². The summed E-state index contributed by atoms with van der Waals surface area (Å²) >= 11 is 1.71. The van der Waals surface area contributed by atoms with E-state index < -0.39 is 0 Å². The van der Waals surface area contributed by atoms with Gasteiger partial charge in [-0.05, 0) is 19.1 Å². The van der Waals surface area contributed by atoms with Crippen molar-refractivity contribution in [3.05, 3.63) is 47.8 Å². The molecule has 1 unspecified atom stereocenters. The zero-order valence-corrected chi connectivity index (χ0v) is 13.1. The van der Waals surface area contributed by atoms with Gasteiger partial charge in [0.25, 0.3) is 5.91 Å². The zero-order valence-electron chi connectivity index (χ0n) is 12.3. The van der Waals surface area contributed by atoms with Gasteiger partial charge in [-0.3, -0.25) is 4.79 Å². The second-order valence-electron chi connectivity index (χ2n) is 5.11. The summed E-state index contributed by atoms with van der Waals surface area (Å²) in [5.41, 5.74) is 2.28. The number of benzene rings is 1. The van der Waals surface area contributed by atoms with Gasteiger partial charge in [-0.1, -0.05) is 18.2 Å². The molecule has 2 heterocycles. The van der Waals surface area contributed by atoms with Gasteiger partial charge in [0.1, 0.15) is 6.04 Å². The van der Waals surface area contributed by atoms with Gasteiger partial charge >= 0.3 is 0 Å². The van der Waals surface area contributed by atoms with E-state index in [0.29, 0.717) is 17.9 Å². The predicted molar refractivity (Wildman–Crippen MR) is 86.1 cm³/mol. The summed E-state index contributed by atoms with van der Waals surface area (Å²) in [4.78, 5) is 14.4. The number of carbonyl (C=O) groups is 1. The topological polar surface area (TPSA) is 61.9 Å². The van der Waals surface area contributed by atoms with E-state index in [4.69, 9.17) is 0 Å². The van der Waals surface area contributed by atoms with Gasteiger partial charge < -0.3 is 4.90 Å². The van der Waals surface area contributed by atoms with Crippen molar-refractivity contribution < 1.29 is 4.79 Å². The van der Waals surface area contributed by atoms with E-state index in [0.717, 1.165) is 17.1 Å². The molecule has 0 spiro atoms. The Labute approximate surface area is 133 Å². The summed E-state index contributed by atoms with van der Waals surface area (Å²) in [5.74, 6) is 1.44. The fourth-order valence-electron chi connectivity index (χ4n) is 2.56. The van der Waals surface area contributed by atoms with E-state index in [-0.39, 0.29) is 11.9 Å². The van der Waals surface area contributed by atoms with E-state index >= 15 is 0 Å². The number of para-hydroxylation sites is 1. The molecule has 0 saturated carbocycles. The maximum absolute atomic E-state index is 12.7. The Morgan fingerprint density at radius 3 is 2.91 bits per heavy atom. The quantitative estimate of drug-likeness (QED) is 0.853. The molecule has 6 heteroatoms. The van der Waals surface area contributed by atoms with Crippen LogP contribution in [0.3, 0.4) is 0 Å². The molecule has 0 N–H and O–H groups in total. The number of nitriles is 1. The lowest BCUT2D eigenvalue weighted by Gasteiger charge is -2.30. The fourth-order valence-corrected chi connectivity index (χ4v) is 3.53. The highest BCUT2D eigenvalue weighted by molar-refractivity contribution is 7.99.